The number of hydrogen-bond donors (Lipinski definition) is 4. The van der Waals surface area contributed by atoms with Crippen molar-refractivity contribution in [2.24, 2.45) is 5.92 Å². The quantitative estimate of drug-likeness (QED) is 0.120. The molecule has 2 aliphatic heterocycles. The molecule has 296 valence electrons. The van der Waals surface area contributed by atoms with Crippen molar-refractivity contribution >= 4 is 35.0 Å². The van der Waals surface area contributed by atoms with Crippen LogP contribution in [-0.2, 0) is 22.4 Å². The van der Waals surface area contributed by atoms with Gasteiger partial charge in [0.2, 0.25) is 11.8 Å². The molecule has 5 atom stereocenters. The Bertz CT molecular complexity index is 2600. The lowest BCUT2D eigenvalue weighted by Crippen LogP contribution is -2.48. The smallest absolute Gasteiger partial charge is 0.272 e. The first-order valence-electron chi connectivity index (χ1n) is 19.9. The third-order valence-corrected chi connectivity index (χ3v) is 12.0. The maximum absolute atomic E-state index is 13.7. The van der Waals surface area contributed by atoms with Crippen molar-refractivity contribution < 1.29 is 19.2 Å². The second-order valence-corrected chi connectivity index (χ2v) is 15.8. The first-order chi connectivity index (χ1) is 28.6. The Morgan fingerprint density at radius 2 is 1.29 bits per heavy atom. The van der Waals surface area contributed by atoms with Gasteiger partial charge in [-0.1, -0.05) is 84.9 Å². The fourth-order valence-electron chi connectivity index (χ4n) is 8.68. The van der Waals surface area contributed by atoms with Crippen molar-refractivity contribution in [2.75, 3.05) is 23.9 Å². The van der Waals surface area contributed by atoms with Gasteiger partial charge in [-0.2, -0.15) is 10.2 Å². The molecule has 2 aromatic heterocycles. The van der Waals surface area contributed by atoms with Crippen molar-refractivity contribution in [3.05, 3.63) is 167 Å². The molecule has 0 bridgehead atoms. The van der Waals surface area contributed by atoms with Crippen LogP contribution in [0, 0.1) is 5.92 Å². The number of H-pyrrole nitrogens is 2. The fourth-order valence-corrected chi connectivity index (χ4v) is 8.68. The Morgan fingerprint density at radius 1 is 0.695 bits per heavy atom. The third kappa shape index (κ3) is 7.33. The lowest BCUT2D eigenvalue weighted by atomic mass is 9.89. The molecule has 4 amide bonds. The number of rotatable bonds is 10. The van der Waals surface area contributed by atoms with Gasteiger partial charge < -0.3 is 20.4 Å². The zero-order valence-electron chi connectivity index (χ0n) is 32.8. The normalized spacial score (nSPS) is 20.7. The van der Waals surface area contributed by atoms with Crippen LogP contribution in [0.3, 0.4) is 0 Å². The summed E-state index contributed by atoms with van der Waals surface area (Å²) in [6.45, 7) is 4.10. The molecule has 4 heterocycles. The average Bonchev–Trinajstić information content (AvgIpc) is 3.71. The molecule has 1 fully saturated rings. The molecule has 12 heteroatoms. The highest BCUT2D eigenvalue weighted by atomic mass is 16.2. The van der Waals surface area contributed by atoms with Gasteiger partial charge in [-0.15, -0.1) is 6.58 Å². The number of benzene rings is 4. The molecule has 0 radical (unpaired) electrons. The summed E-state index contributed by atoms with van der Waals surface area (Å²) in [4.78, 5) is 57.1. The Morgan fingerprint density at radius 3 is 1.98 bits per heavy atom. The van der Waals surface area contributed by atoms with Crippen LogP contribution < -0.4 is 20.4 Å². The first kappa shape index (κ1) is 37.5. The van der Waals surface area contributed by atoms with Crippen molar-refractivity contribution in [2.45, 2.75) is 49.6 Å². The van der Waals surface area contributed by atoms with E-state index in [0.29, 0.717) is 19.3 Å². The number of anilines is 2. The van der Waals surface area contributed by atoms with Gasteiger partial charge in [0, 0.05) is 55.6 Å². The van der Waals surface area contributed by atoms with Crippen LogP contribution in [0.5, 0.6) is 0 Å². The number of nitrogens with one attached hydrogen (secondary N) is 4. The maximum Gasteiger partial charge on any atom is 0.272 e. The number of aromatic amines is 2. The Labute approximate surface area is 341 Å². The minimum Gasteiger partial charge on any atom is -0.339 e. The number of hydrogen-bond acceptors (Lipinski definition) is 6. The molecule has 0 saturated heterocycles. The van der Waals surface area contributed by atoms with E-state index in [0.717, 1.165) is 62.6 Å². The van der Waals surface area contributed by atoms with Gasteiger partial charge >= 0.3 is 0 Å². The van der Waals surface area contributed by atoms with Crippen LogP contribution >= 0.6 is 0 Å². The standard InChI is InChI=1S/C47H44N8O4/c1-4-29-23-40(48-44(56)38-24-32(50-52-38)20-27-10-6-5-7-11-27)46(58)54(2)42-19-18-31(22-35(29)42)30-16-14-28(15-17-30)21-33-25-39(53-51-33)45(57)49-43-37-26-36(37)34-12-8-9-13-41(34)55(3)47(43)59/h4-19,22,24-25,29,36-37,40,43H,1,20-21,23,26H2,2-3H3,(H,48,56)(H,49,57)(H,50,52)(H,51,53)/t29-,36-,37-,40+,43-/m0/s1. The highest BCUT2D eigenvalue weighted by Crippen LogP contribution is 2.54. The molecule has 12 nitrogen and oxygen atoms in total. The van der Waals surface area contributed by atoms with E-state index in [1.54, 1.807) is 36.0 Å². The van der Waals surface area contributed by atoms with E-state index >= 15 is 0 Å². The largest absolute Gasteiger partial charge is 0.339 e. The fraction of sp³-hybridized carbons (Fsp3) is 0.234. The topological polar surface area (TPSA) is 156 Å². The van der Waals surface area contributed by atoms with Crippen molar-refractivity contribution in [1.82, 2.24) is 31.0 Å². The van der Waals surface area contributed by atoms with E-state index < -0.39 is 18.0 Å². The molecular formula is C47H44N8O4. The summed E-state index contributed by atoms with van der Waals surface area (Å²) in [7, 11) is 3.49. The van der Waals surface area contributed by atoms with E-state index in [1.807, 2.05) is 91.0 Å². The van der Waals surface area contributed by atoms with Crippen LogP contribution in [0.15, 0.2) is 122 Å². The molecule has 4 N–H and O–H groups in total. The minimum absolute atomic E-state index is 0.0670. The van der Waals surface area contributed by atoms with Crippen molar-refractivity contribution in [3.8, 4) is 11.1 Å². The van der Waals surface area contributed by atoms with Crippen LogP contribution in [0.4, 0.5) is 11.4 Å². The predicted molar refractivity (Wildman–Crippen MR) is 225 cm³/mol. The number of carbonyl (C=O) groups is 4. The number of aromatic nitrogens is 4. The summed E-state index contributed by atoms with van der Waals surface area (Å²) >= 11 is 0. The van der Waals surface area contributed by atoms with Crippen LogP contribution in [0.1, 0.15) is 79.3 Å². The Kier molecular flexibility index (Phi) is 9.76. The summed E-state index contributed by atoms with van der Waals surface area (Å²) in [6, 6.07) is 34.1. The van der Waals surface area contributed by atoms with Crippen LogP contribution in [0.25, 0.3) is 11.1 Å². The number of likely N-dealkylation sites (N-methyl/N-ethyl adjacent to an activating group) is 2. The predicted octanol–water partition coefficient (Wildman–Crippen LogP) is 6.29. The molecule has 9 rings (SSSR count). The van der Waals surface area contributed by atoms with E-state index in [-0.39, 0.29) is 46.9 Å². The van der Waals surface area contributed by atoms with E-state index in [9.17, 15) is 19.2 Å². The molecule has 1 aliphatic carbocycles. The van der Waals surface area contributed by atoms with Gasteiger partial charge in [0.1, 0.15) is 23.5 Å². The molecule has 59 heavy (non-hydrogen) atoms. The van der Waals surface area contributed by atoms with Crippen LogP contribution in [-0.4, -0.2) is 70.2 Å². The van der Waals surface area contributed by atoms with Gasteiger partial charge in [0.15, 0.2) is 0 Å². The van der Waals surface area contributed by atoms with E-state index in [1.165, 1.54) is 0 Å². The summed E-state index contributed by atoms with van der Waals surface area (Å²) in [5, 5.41) is 20.4. The van der Waals surface area contributed by atoms with Crippen molar-refractivity contribution in [1.29, 1.82) is 0 Å². The zero-order valence-corrected chi connectivity index (χ0v) is 32.8. The van der Waals surface area contributed by atoms with E-state index in [2.05, 4.69) is 49.7 Å². The number of para-hydroxylation sites is 1. The van der Waals surface area contributed by atoms with Crippen LogP contribution in [0.2, 0.25) is 0 Å². The minimum atomic E-state index is -0.779. The molecule has 4 aromatic carbocycles. The zero-order chi connectivity index (χ0) is 40.8. The molecule has 6 aromatic rings. The second-order valence-electron chi connectivity index (χ2n) is 15.8. The summed E-state index contributed by atoms with van der Waals surface area (Å²) < 4.78 is 0. The van der Waals surface area contributed by atoms with Gasteiger partial charge in [0.05, 0.1) is 0 Å². The molecule has 3 aliphatic rings. The monoisotopic (exact) mass is 784 g/mol. The summed E-state index contributed by atoms with van der Waals surface area (Å²) in [5.74, 6) is -1.01. The van der Waals surface area contributed by atoms with Gasteiger partial charge in [0.25, 0.3) is 11.8 Å². The maximum atomic E-state index is 13.7. The third-order valence-electron chi connectivity index (χ3n) is 12.0. The molecule has 0 spiro atoms. The second kappa shape index (κ2) is 15.4. The van der Waals surface area contributed by atoms with E-state index in [4.69, 9.17) is 0 Å². The van der Waals surface area contributed by atoms with Gasteiger partial charge in [-0.25, -0.2) is 0 Å². The SMILES string of the molecule is C=C[C@H]1C[C@@H](NC(=O)c2cc(Cc3ccccc3)[nH]n2)C(=O)N(C)c2ccc(-c3ccc(Cc4cc(C(=O)N[C@@H]5C(=O)N(C)c6ccccc6[C@@H]6C[C@H]56)n[nH]4)cc3)cc21. The molecule has 1 saturated carbocycles. The number of carbonyl (C=O) groups excluding carboxylic acids is 4. The highest BCUT2D eigenvalue weighted by molar-refractivity contribution is 6.04. The highest BCUT2D eigenvalue weighted by Gasteiger charge is 2.52. The Hall–Kier alpha value is -7.08. The number of allylic oxidation sites excluding steroid dienone is 1. The summed E-state index contributed by atoms with van der Waals surface area (Å²) in [6.07, 6.45) is 4.18. The number of fused-ring (bicyclic) bond motifs is 4. The van der Waals surface area contributed by atoms with Crippen molar-refractivity contribution in [3.63, 3.8) is 0 Å². The lowest BCUT2D eigenvalue weighted by molar-refractivity contribution is -0.121. The first-order valence-corrected chi connectivity index (χ1v) is 19.9. The number of amides is 4. The molecular weight excluding hydrogens is 741 g/mol. The average molecular weight is 785 g/mol. The van der Waals surface area contributed by atoms with Gasteiger partial charge in [-0.3, -0.25) is 29.4 Å². The number of nitrogens with zero attached hydrogens (tertiary/aromatic N) is 4. The van der Waals surface area contributed by atoms with Gasteiger partial charge in [-0.05, 0) is 88.4 Å². The summed E-state index contributed by atoms with van der Waals surface area (Å²) in [5.41, 5.74) is 9.91. The lowest BCUT2D eigenvalue weighted by Gasteiger charge is -2.23. The molecule has 0 unspecified atom stereocenters. The Balaban J connectivity index is 0.845.